The maximum atomic E-state index is 4.65. The van der Waals surface area contributed by atoms with Gasteiger partial charge in [0, 0.05) is 11.8 Å². The summed E-state index contributed by atoms with van der Waals surface area (Å²) in [6.07, 6.45) is 1.87. The molecule has 0 aliphatic rings. The second kappa shape index (κ2) is 8.72. The molecule has 0 unspecified atom stereocenters. The monoisotopic (exact) mass is 471 g/mol. The van der Waals surface area contributed by atoms with Crippen LogP contribution in [-0.2, 0) is 0 Å². The molecule has 0 saturated heterocycles. The fourth-order valence-corrected chi connectivity index (χ4v) is 5.67. The molecule has 0 amide bonds. The van der Waals surface area contributed by atoms with E-state index < -0.39 is 0 Å². The molecule has 37 heavy (non-hydrogen) atoms. The summed E-state index contributed by atoms with van der Waals surface area (Å²) in [5, 5.41) is 7.59. The van der Waals surface area contributed by atoms with Crippen molar-refractivity contribution in [3.8, 4) is 33.5 Å². The first-order valence-electron chi connectivity index (χ1n) is 12.7. The minimum atomic E-state index is 1.00. The Kier molecular flexibility index (Phi) is 5.08. The molecule has 1 heteroatoms. The van der Waals surface area contributed by atoms with Crippen LogP contribution in [0.25, 0.3) is 65.8 Å². The lowest BCUT2D eigenvalue weighted by atomic mass is 9.85. The number of aryl methyl sites for hydroxylation is 1. The fourth-order valence-electron chi connectivity index (χ4n) is 5.67. The standard InChI is InChI=1S/C36H25N/c1-24-17-18-28(23-33(24)34-16-8-9-21-37-34)36-31-14-6-4-12-29(31)35(30-13-5-7-15-32(30)36)27-20-19-25-10-2-3-11-26(25)22-27/h2-23H,1H3. The van der Waals surface area contributed by atoms with E-state index in [1.54, 1.807) is 0 Å². The number of hydrogen-bond donors (Lipinski definition) is 0. The molecule has 0 atom stereocenters. The average Bonchev–Trinajstić information content (AvgIpc) is 2.96. The molecule has 0 bridgehead atoms. The first-order valence-corrected chi connectivity index (χ1v) is 12.7. The second-order valence-electron chi connectivity index (χ2n) is 9.65. The Hall–Kier alpha value is -4.75. The van der Waals surface area contributed by atoms with Gasteiger partial charge in [0.15, 0.2) is 0 Å². The Labute approximate surface area is 216 Å². The van der Waals surface area contributed by atoms with E-state index in [0.717, 1.165) is 5.69 Å². The van der Waals surface area contributed by atoms with E-state index in [4.69, 9.17) is 0 Å². The van der Waals surface area contributed by atoms with Crippen LogP contribution < -0.4 is 0 Å². The molecule has 0 fully saturated rings. The first kappa shape index (κ1) is 21.5. The van der Waals surface area contributed by atoms with Crippen LogP contribution in [0.3, 0.4) is 0 Å². The van der Waals surface area contributed by atoms with Crippen LogP contribution in [0.1, 0.15) is 5.56 Å². The molecule has 0 N–H and O–H groups in total. The van der Waals surface area contributed by atoms with Crippen molar-refractivity contribution in [2.45, 2.75) is 6.92 Å². The van der Waals surface area contributed by atoms with Gasteiger partial charge in [-0.15, -0.1) is 0 Å². The van der Waals surface area contributed by atoms with Crippen LogP contribution in [0.5, 0.6) is 0 Å². The highest BCUT2D eigenvalue weighted by Crippen LogP contribution is 2.44. The largest absolute Gasteiger partial charge is 0.256 e. The Morgan fingerprint density at radius 2 is 1.00 bits per heavy atom. The summed E-state index contributed by atoms with van der Waals surface area (Å²) in [5.74, 6) is 0. The van der Waals surface area contributed by atoms with Crippen LogP contribution in [0.2, 0.25) is 0 Å². The van der Waals surface area contributed by atoms with Crippen molar-refractivity contribution in [2.75, 3.05) is 0 Å². The molecule has 6 aromatic carbocycles. The quantitative estimate of drug-likeness (QED) is 0.234. The number of nitrogens with zero attached hydrogens (tertiary/aromatic N) is 1. The van der Waals surface area contributed by atoms with E-state index >= 15 is 0 Å². The van der Waals surface area contributed by atoms with Gasteiger partial charge in [0.25, 0.3) is 0 Å². The van der Waals surface area contributed by atoms with E-state index in [-0.39, 0.29) is 0 Å². The van der Waals surface area contributed by atoms with Crippen molar-refractivity contribution in [3.05, 3.63) is 139 Å². The van der Waals surface area contributed by atoms with Crippen LogP contribution in [-0.4, -0.2) is 4.98 Å². The SMILES string of the molecule is Cc1ccc(-c2c3ccccc3c(-c3ccc4ccccc4c3)c3ccccc23)cc1-c1ccccn1. The lowest BCUT2D eigenvalue weighted by molar-refractivity contribution is 1.31. The topological polar surface area (TPSA) is 12.9 Å². The maximum Gasteiger partial charge on any atom is 0.0704 e. The highest BCUT2D eigenvalue weighted by Gasteiger charge is 2.17. The first-order chi connectivity index (χ1) is 18.3. The summed E-state index contributed by atoms with van der Waals surface area (Å²) in [4.78, 5) is 4.65. The van der Waals surface area contributed by atoms with Gasteiger partial charge in [-0.2, -0.15) is 0 Å². The molecular formula is C36H25N. The lowest BCUT2D eigenvalue weighted by Crippen LogP contribution is -1.92. The maximum absolute atomic E-state index is 4.65. The lowest BCUT2D eigenvalue weighted by Gasteiger charge is -2.19. The van der Waals surface area contributed by atoms with Crippen molar-refractivity contribution in [1.82, 2.24) is 4.98 Å². The molecule has 0 saturated carbocycles. The van der Waals surface area contributed by atoms with Gasteiger partial charge in [-0.1, -0.05) is 103 Å². The molecule has 0 spiro atoms. The summed E-state index contributed by atoms with van der Waals surface area (Å²) < 4.78 is 0. The number of fused-ring (bicyclic) bond motifs is 3. The van der Waals surface area contributed by atoms with Gasteiger partial charge < -0.3 is 0 Å². The van der Waals surface area contributed by atoms with E-state index in [9.17, 15) is 0 Å². The van der Waals surface area contributed by atoms with Gasteiger partial charge in [-0.25, -0.2) is 0 Å². The zero-order valence-corrected chi connectivity index (χ0v) is 20.6. The summed E-state index contributed by atoms with van der Waals surface area (Å²) in [7, 11) is 0. The molecule has 1 nitrogen and oxygen atoms in total. The Balaban J connectivity index is 1.56. The highest BCUT2D eigenvalue weighted by molar-refractivity contribution is 6.21. The van der Waals surface area contributed by atoms with Crippen LogP contribution in [0.4, 0.5) is 0 Å². The Bertz CT molecular complexity index is 1880. The normalized spacial score (nSPS) is 11.4. The van der Waals surface area contributed by atoms with E-state index in [2.05, 4.69) is 133 Å². The van der Waals surface area contributed by atoms with Crippen LogP contribution in [0.15, 0.2) is 134 Å². The number of pyridine rings is 1. The van der Waals surface area contributed by atoms with Crippen molar-refractivity contribution >= 4 is 32.3 Å². The van der Waals surface area contributed by atoms with E-state index in [1.165, 1.54) is 65.7 Å². The number of aromatic nitrogens is 1. The second-order valence-corrected chi connectivity index (χ2v) is 9.65. The van der Waals surface area contributed by atoms with Gasteiger partial charge in [-0.3, -0.25) is 4.98 Å². The number of hydrogen-bond acceptors (Lipinski definition) is 1. The molecule has 0 aliphatic heterocycles. The van der Waals surface area contributed by atoms with Crippen LogP contribution >= 0.6 is 0 Å². The molecule has 0 aliphatic carbocycles. The number of benzene rings is 6. The molecule has 174 valence electrons. The van der Waals surface area contributed by atoms with Crippen LogP contribution in [0, 0.1) is 6.92 Å². The van der Waals surface area contributed by atoms with E-state index in [0.29, 0.717) is 0 Å². The van der Waals surface area contributed by atoms with Crippen molar-refractivity contribution in [3.63, 3.8) is 0 Å². The van der Waals surface area contributed by atoms with Crippen molar-refractivity contribution in [1.29, 1.82) is 0 Å². The summed E-state index contributed by atoms with van der Waals surface area (Å²) in [6.45, 7) is 2.16. The summed E-state index contributed by atoms with van der Waals surface area (Å²) in [6, 6.07) is 46.0. The van der Waals surface area contributed by atoms with Gasteiger partial charge in [0.2, 0.25) is 0 Å². The zero-order valence-electron chi connectivity index (χ0n) is 20.6. The molecule has 1 heterocycles. The minimum Gasteiger partial charge on any atom is -0.256 e. The smallest absolute Gasteiger partial charge is 0.0704 e. The molecule has 1 aromatic heterocycles. The van der Waals surface area contributed by atoms with Crippen molar-refractivity contribution < 1.29 is 0 Å². The molecule has 7 aromatic rings. The predicted octanol–water partition coefficient (Wildman–Crippen LogP) is 9.85. The molecular weight excluding hydrogens is 446 g/mol. The van der Waals surface area contributed by atoms with Crippen molar-refractivity contribution in [2.24, 2.45) is 0 Å². The van der Waals surface area contributed by atoms with Gasteiger partial charge in [0.1, 0.15) is 0 Å². The molecule has 0 radical (unpaired) electrons. The fraction of sp³-hybridized carbons (Fsp3) is 0.0278. The third-order valence-corrected chi connectivity index (χ3v) is 7.44. The van der Waals surface area contributed by atoms with Gasteiger partial charge in [-0.05, 0) is 91.3 Å². The van der Waals surface area contributed by atoms with Gasteiger partial charge in [0.05, 0.1) is 5.69 Å². The molecule has 7 rings (SSSR count). The Morgan fingerprint density at radius 1 is 0.459 bits per heavy atom. The van der Waals surface area contributed by atoms with Gasteiger partial charge >= 0.3 is 0 Å². The number of rotatable bonds is 3. The Morgan fingerprint density at radius 3 is 1.62 bits per heavy atom. The third kappa shape index (κ3) is 3.59. The summed E-state index contributed by atoms with van der Waals surface area (Å²) in [5.41, 5.74) is 8.42. The highest BCUT2D eigenvalue weighted by atomic mass is 14.7. The van der Waals surface area contributed by atoms with E-state index in [1.807, 2.05) is 12.3 Å². The summed E-state index contributed by atoms with van der Waals surface area (Å²) >= 11 is 0. The zero-order chi connectivity index (χ0) is 24.8. The average molecular weight is 472 g/mol. The predicted molar refractivity (Wildman–Crippen MR) is 158 cm³/mol. The third-order valence-electron chi connectivity index (χ3n) is 7.44. The minimum absolute atomic E-state index is 1.00.